The Balaban J connectivity index is 1.29. The number of thiazole rings is 1. The van der Waals surface area contributed by atoms with Crippen LogP contribution in [0.5, 0.6) is 0 Å². The van der Waals surface area contributed by atoms with Crippen LogP contribution in [0.15, 0.2) is 54.2 Å². The highest BCUT2D eigenvalue weighted by atomic mass is 32.1. The molecule has 5 aromatic rings. The monoisotopic (exact) mass is 545 g/mol. The van der Waals surface area contributed by atoms with Crippen molar-refractivity contribution in [3.05, 3.63) is 71.4 Å². The van der Waals surface area contributed by atoms with Gasteiger partial charge in [-0.05, 0) is 36.8 Å². The van der Waals surface area contributed by atoms with Crippen LogP contribution in [0.4, 0.5) is 10.1 Å². The summed E-state index contributed by atoms with van der Waals surface area (Å²) in [7, 11) is 1.86. The van der Waals surface area contributed by atoms with Crippen LogP contribution in [0.25, 0.3) is 32.6 Å². The molecule has 6 rings (SSSR count). The van der Waals surface area contributed by atoms with Gasteiger partial charge in [-0.15, -0.1) is 11.3 Å². The van der Waals surface area contributed by atoms with E-state index in [4.69, 9.17) is 9.84 Å². The highest BCUT2D eigenvalue weighted by molar-refractivity contribution is 7.13. The van der Waals surface area contributed by atoms with Crippen LogP contribution >= 0.6 is 11.3 Å². The summed E-state index contributed by atoms with van der Waals surface area (Å²) >= 11 is 1.40. The number of morpholine rings is 1. The normalized spacial score (nSPS) is 14.2. The molecule has 0 unspecified atom stereocenters. The third kappa shape index (κ3) is 5.47. The van der Waals surface area contributed by atoms with E-state index < -0.39 is 0 Å². The number of hydrogen-bond donors (Lipinski definition) is 1. The summed E-state index contributed by atoms with van der Waals surface area (Å²) < 4.78 is 22.8. The van der Waals surface area contributed by atoms with Gasteiger partial charge in [0.2, 0.25) is 0 Å². The van der Waals surface area contributed by atoms with Gasteiger partial charge >= 0.3 is 0 Å². The van der Waals surface area contributed by atoms with Crippen LogP contribution in [0, 0.1) is 12.7 Å². The van der Waals surface area contributed by atoms with Gasteiger partial charge in [-0.3, -0.25) is 19.1 Å². The van der Waals surface area contributed by atoms with Gasteiger partial charge in [0.15, 0.2) is 0 Å². The molecule has 39 heavy (non-hydrogen) atoms. The second-order valence-electron chi connectivity index (χ2n) is 9.60. The summed E-state index contributed by atoms with van der Waals surface area (Å²) in [4.78, 5) is 20.3. The number of ether oxygens (including phenoxy) is 1. The van der Waals surface area contributed by atoms with Crippen molar-refractivity contribution in [1.29, 1.82) is 0 Å². The number of anilines is 1. The summed E-state index contributed by atoms with van der Waals surface area (Å²) in [5.74, 6) is -0.639. The molecule has 0 spiro atoms. The topological polar surface area (TPSA) is 90.1 Å². The molecule has 1 aliphatic heterocycles. The summed E-state index contributed by atoms with van der Waals surface area (Å²) in [5, 5.41) is 15.6. The number of amides is 1. The Bertz CT molecular complexity index is 1630. The van der Waals surface area contributed by atoms with E-state index in [0.717, 1.165) is 77.7 Å². The van der Waals surface area contributed by atoms with Crippen molar-refractivity contribution < 1.29 is 13.9 Å². The number of carbonyl (C=O) groups is 1. The minimum Gasteiger partial charge on any atom is -0.379 e. The molecular weight excluding hydrogens is 517 g/mol. The van der Waals surface area contributed by atoms with Crippen LogP contribution in [-0.4, -0.2) is 68.2 Å². The van der Waals surface area contributed by atoms with Crippen molar-refractivity contribution in [3.63, 3.8) is 0 Å². The zero-order chi connectivity index (χ0) is 26.9. The van der Waals surface area contributed by atoms with Crippen molar-refractivity contribution in [3.8, 4) is 21.7 Å². The summed E-state index contributed by atoms with van der Waals surface area (Å²) in [6, 6.07) is 10.1. The number of nitrogens with one attached hydrogen (secondary N) is 1. The van der Waals surface area contributed by atoms with Gasteiger partial charge in [0.25, 0.3) is 5.91 Å². The molecule has 1 amide bonds. The largest absolute Gasteiger partial charge is 0.379 e. The van der Waals surface area contributed by atoms with E-state index in [1.165, 1.54) is 23.5 Å². The predicted molar refractivity (Wildman–Crippen MR) is 149 cm³/mol. The molecule has 3 aromatic heterocycles. The summed E-state index contributed by atoms with van der Waals surface area (Å²) in [6.45, 7) is 6.91. The Hall–Kier alpha value is -3.93. The van der Waals surface area contributed by atoms with Gasteiger partial charge in [-0.25, -0.2) is 9.37 Å². The maximum atomic E-state index is 13.7. The minimum absolute atomic E-state index is 0.318. The smallest absolute Gasteiger partial charge is 0.275 e. The lowest BCUT2D eigenvalue weighted by Crippen LogP contribution is -2.38. The molecule has 0 radical (unpaired) electrons. The number of rotatable bonds is 7. The molecule has 1 N–H and O–H groups in total. The number of fused-ring (bicyclic) bond motifs is 1. The first-order valence-corrected chi connectivity index (χ1v) is 13.7. The first kappa shape index (κ1) is 25.4. The second kappa shape index (κ2) is 10.7. The van der Waals surface area contributed by atoms with Crippen LogP contribution < -0.4 is 5.32 Å². The van der Waals surface area contributed by atoms with Crippen molar-refractivity contribution >= 4 is 33.8 Å². The molecular formula is C28H28FN7O2S. The van der Waals surface area contributed by atoms with E-state index in [2.05, 4.69) is 20.3 Å². The molecule has 2 aromatic carbocycles. The van der Waals surface area contributed by atoms with Gasteiger partial charge in [0.05, 0.1) is 36.5 Å². The van der Waals surface area contributed by atoms with E-state index in [0.29, 0.717) is 11.4 Å². The first-order chi connectivity index (χ1) is 18.9. The highest BCUT2D eigenvalue weighted by Gasteiger charge is 2.18. The molecule has 4 heterocycles. The Morgan fingerprint density at radius 3 is 2.62 bits per heavy atom. The van der Waals surface area contributed by atoms with Crippen LogP contribution in [0.2, 0.25) is 0 Å². The Morgan fingerprint density at radius 2 is 1.87 bits per heavy atom. The maximum Gasteiger partial charge on any atom is 0.275 e. The molecule has 1 fully saturated rings. The first-order valence-electron chi connectivity index (χ1n) is 12.8. The molecule has 0 atom stereocenters. The Labute approximate surface area is 228 Å². The van der Waals surface area contributed by atoms with Crippen LogP contribution in [0.1, 0.15) is 16.2 Å². The second-order valence-corrected chi connectivity index (χ2v) is 10.5. The lowest BCUT2D eigenvalue weighted by Gasteiger charge is -2.26. The number of aryl methyl sites for hydroxylation is 2. The van der Waals surface area contributed by atoms with Crippen molar-refractivity contribution in [1.82, 2.24) is 29.4 Å². The fourth-order valence-corrected chi connectivity index (χ4v) is 5.64. The van der Waals surface area contributed by atoms with Gasteiger partial charge in [0, 0.05) is 61.1 Å². The van der Waals surface area contributed by atoms with Crippen LogP contribution in [0.3, 0.4) is 0 Å². The average Bonchev–Trinajstić information content (AvgIpc) is 3.66. The number of benzene rings is 2. The third-order valence-corrected chi connectivity index (χ3v) is 7.70. The van der Waals surface area contributed by atoms with Crippen molar-refractivity contribution in [2.75, 3.05) is 38.2 Å². The van der Waals surface area contributed by atoms with E-state index in [1.54, 1.807) is 22.2 Å². The molecule has 1 aliphatic rings. The van der Waals surface area contributed by atoms with Crippen molar-refractivity contribution in [2.24, 2.45) is 7.05 Å². The Morgan fingerprint density at radius 1 is 1.08 bits per heavy atom. The fourth-order valence-electron chi connectivity index (χ4n) is 4.78. The summed E-state index contributed by atoms with van der Waals surface area (Å²) in [5.41, 5.74) is 5.03. The molecule has 0 aliphatic carbocycles. The Kier molecular flexibility index (Phi) is 6.94. The zero-order valence-electron chi connectivity index (χ0n) is 21.7. The number of hydrogen-bond acceptors (Lipinski definition) is 7. The molecule has 9 nitrogen and oxygen atoms in total. The van der Waals surface area contributed by atoms with E-state index in [1.807, 2.05) is 43.2 Å². The third-order valence-electron chi connectivity index (χ3n) is 6.82. The van der Waals surface area contributed by atoms with Crippen LogP contribution in [-0.2, 0) is 18.3 Å². The zero-order valence-corrected chi connectivity index (χ0v) is 22.5. The number of carbonyl (C=O) groups excluding carboxylic acids is 1. The minimum atomic E-state index is -0.321. The number of nitrogens with zero attached hydrogens (tertiary/aromatic N) is 6. The van der Waals surface area contributed by atoms with Gasteiger partial charge in [0.1, 0.15) is 16.5 Å². The van der Waals surface area contributed by atoms with Gasteiger partial charge in [-0.1, -0.05) is 12.1 Å². The SMILES string of the molecule is Cc1nn(C)cc1-c1nc(C(=O)Nc2cc3cn(CCN4CCOCC4)nc3cc2-c2ccc(F)cc2)cs1. The van der Waals surface area contributed by atoms with Crippen molar-refractivity contribution in [2.45, 2.75) is 13.5 Å². The number of aromatic nitrogens is 5. The standard InChI is InChI=1S/C28H28FN7O2S/c1-18-23(16-34(2)32-18)28-31-26(17-39-28)27(37)30-25-13-20-15-36(8-7-35-9-11-38-12-10-35)33-24(20)14-22(25)19-3-5-21(29)6-4-19/h3-6,13-17H,7-12H2,1-2H3,(H,30,37). The predicted octanol–water partition coefficient (Wildman–Crippen LogP) is 4.59. The maximum absolute atomic E-state index is 13.7. The lowest BCUT2D eigenvalue weighted by atomic mass is 10.0. The molecule has 0 saturated carbocycles. The van der Waals surface area contributed by atoms with E-state index in [-0.39, 0.29) is 11.7 Å². The molecule has 200 valence electrons. The van der Waals surface area contributed by atoms with E-state index in [9.17, 15) is 9.18 Å². The number of halogens is 1. The molecule has 1 saturated heterocycles. The van der Waals surface area contributed by atoms with E-state index >= 15 is 0 Å². The lowest BCUT2D eigenvalue weighted by molar-refractivity contribution is 0.0360. The molecule has 11 heteroatoms. The van der Waals surface area contributed by atoms with Gasteiger partial charge < -0.3 is 10.1 Å². The van der Waals surface area contributed by atoms with Gasteiger partial charge in [-0.2, -0.15) is 10.2 Å². The quantitative estimate of drug-likeness (QED) is 0.322. The molecule has 0 bridgehead atoms. The average molecular weight is 546 g/mol. The summed E-state index contributed by atoms with van der Waals surface area (Å²) in [6.07, 6.45) is 3.89. The fraction of sp³-hybridized carbons (Fsp3) is 0.286. The highest BCUT2D eigenvalue weighted by Crippen LogP contribution is 2.33.